The number of fused-ring (bicyclic) bond motifs is 1. The maximum absolute atomic E-state index is 10.0. The van der Waals surface area contributed by atoms with E-state index in [-0.39, 0.29) is 32.6 Å². The van der Waals surface area contributed by atoms with E-state index in [0.717, 1.165) is 20.8 Å². The van der Waals surface area contributed by atoms with Gasteiger partial charge in [-0.05, 0) is 40.7 Å². The first-order chi connectivity index (χ1) is 14.8. The average molecular weight is 625 g/mol. The molecule has 0 spiro atoms. The summed E-state index contributed by atoms with van der Waals surface area (Å²) >= 11 is 1.69. The van der Waals surface area contributed by atoms with Crippen LogP contribution in [-0.4, -0.2) is 20.9 Å². The van der Waals surface area contributed by atoms with Gasteiger partial charge in [0.25, 0.3) is 0 Å². The number of pyridine rings is 1. The van der Waals surface area contributed by atoms with Crippen LogP contribution < -0.4 is 0 Å². The second kappa shape index (κ2) is 11.3. The predicted octanol–water partition coefficient (Wildman–Crippen LogP) is 6.79. The summed E-state index contributed by atoms with van der Waals surface area (Å²) < 4.78 is 1.15. The maximum atomic E-state index is 10.0. The van der Waals surface area contributed by atoms with Crippen LogP contribution in [0, 0.1) is 26.8 Å². The number of thiazole rings is 1. The molecule has 32 heavy (non-hydrogen) atoms. The number of allylic oxidation sites excluding steroid dienone is 2. The predicted molar refractivity (Wildman–Crippen MR) is 128 cm³/mol. The van der Waals surface area contributed by atoms with E-state index in [1.54, 1.807) is 11.3 Å². The summed E-state index contributed by atoms with van der Waals surface area (Å²) in [6.45, 7) is 9.34. The fraction of sp³-hybridized carbons (Fsp3) is 0.192. The monoisotopic (exact) mass is 624 g/mol. The Morgan fingerprint density at radius 3 is 2.38 bits per heavy atom. The molecule has 0 saturated carbocycles. The van der Waals surface area contributed by atoms with E-state index in [0.29, 0.717) is 0 Å². The van der Waals surface area contributed by atoms with Gasteiger partial charge in [0.15, 0.2) is 5.78 Å². The van der Waals surface area contributed by atoms with Gasteiger partial charge in [-0.25, -0.2) is 0 Å². The summed E-state index contributed by atoms with van der Waals surface area (Å²) in [6.07, 6.45) is 4.80. The SMILES string of the molecule is CC(=O)/C=C(/C)O.Cc1cc(C)c(-c2ccc[c-]c2-c2nc3cnccc3s2)c(C)c1.[Pt]. The molecule has 0 radical (unpaired) electrons. The number of aliphatic hydroxyl groups excluding tert-OH is 1. The van der Waals surface area contributed by atoms with Crippen molar-refractivity contribution in [2.75, 3.05) is 0 Å². The fourth-order valence-electron chi connectivity index (χ4n) is 3.61. The average Bonchev–Trinajstić information content (AvgIpc) is 3.11. The minimum atomic E-state index is -0.125. The number of aliphatic hydroxyl groups is 1. The van der Waals surface area contributed by atoms with Gasteiger partial charge in [-0.3, -0.25) is 14.8 Å². The number of carbonyl (C=O) groups excluding carboxylic acids is 1. The van der Waals surface area contributed by atoms with E-state index in [9.17, 15) is 4.79 Å². The van der Waals surface area contributed by atoms with Crippen LogP contribution in [0.2, 0.25) is 0 Å². The van der Waals surface area contributed by atoms with E-state index in [2.05, 4.69) is 50.0 Å². The van der Waals surface area contributed by atoms with Crippen molar-refractivity contribution in [2.45, 2.75) is 34.6 Å². The zero-order valence-corrected chi connectivity index (χ0v) is 21.8. The molecule has 0 atom stereocenters. The molecule has 0 unspecified atom stereocenters. The van der Waals surface area contributed by atoms with Crippen molar-refractivity contribution in [3.05, 3.63) is 83.4 Å². The smallest absolute Gasteiger partial charge is 0.155 e. The van der Waals surface area contributed by atoms with Gasteiger partial charge in [0.1, 0.15) is 0 Å². The van der Waals surface area contributed by atoms with Crippen LogP contribution in [0.5, 0.6) is 0 Å². The summed E-state index contributed by atoms with van der Waals surface area (Å²) in [4.78, 5) is 19.0. The zero-order chi connectivity index (χ0) is 22.5. The van der Waals surface area contributed by atoms with Crippen molar-refractivity contribution in [1.82, 2.24) is 9.97 Å². The fourth-order valence-corrected chi connectivity index (χ4v) is 4.56. The van der Waals surface area contributed by atoms with Crippen molar-refractivity contribution in [3.8, 4) is 21.7 Å². The molecule has 6 heteroatoms. The molecule has 4 nitrogen and oxygen atoms in total. The quantitative estimate of drug-likeness (QED) is 0.155. The molecule has 0 amide bonds. The molecular formula is C26H25N2O2PtS-. The van der Waals surface area contributed by atoms with Gasteiger partial charge < -0.3 is 5.11 Å². The number of rotatable bonds is 3. The van der Waals surface area contributed by atoms with Gasteiger partial charge in [0.05, 0.1) is 17.5 Å². The molecule has 1 N–H and O–H groups in total. The molecule has 0 bridgehead atoms. The van der Waals surface area contributed by atoms with Gasteiger partial charge in [-0.2, -0.15) is 11.3 Å². The Morgan fingerprint density at radius 1 is 1.12 bits per heavy atom. The molecule has 0 saturated heterocycles. The standard InChI is InChI=1S/C21H17N2S.C5H8O2.Pt/c1-13-10-14(2)20(15(3)11-13)16-6-4-5-7-17(16)21-23-18-12-22-9-8-19(18)24-21;1-4(6)3-5(2)7;/h4-6,8-12H,1-3H3;3,6H,1-2H3;/q-1;;/b;4-3-;. The third-order valence-corrected chi connectivity index (χ3v) is 5.67. The van der Waals surface area contributed by atoms with Crippen LogP contribution >= 0.6 is 11.3 Å². The number of hydrogen-bond donors (Lipinski definition) is 1. The van der Waals surface area contributed by atoms with Crippen molar-refractivity contribution in [2.24, 2.45) is 0 Å². The Hall–Kier alpha value is -2.62. The molecule has 2 heterocycles. The van der Waals surface area contributed by atoms with Gasteiger partial charge in [-0.15, -0.1) is 29.8 Å². The van der Waals surface area contributed by atoms with Crippen LogP contribution in [0.25, 0.3) is 31.9 Å². The first kappa shape index (κ1) is 25.6. The molecule has 2 aromatic carbocycles. The summed E-state index contributed by atoms with van der Waals surface area (Å²) in [5, 5.41) is 9.36. The van der Waals surface area contributed by atoms with Gasteiger partial charge >= 0.3 is 0 Å². The second-order valence-corrected chi connectivity index (χ2v) is 8.52. The molecule has 0 aliphatic rings. The van der Waals surface area contributed by atoms with E-state index >= 15 is 0 Å². The Kier molecular flexibility index (Phi) is 9.06. The minimum absolute atomic E-state index is 0. The van der Waals surface area contributed by atoms with Gasteiger partial charge in [0.2, 0.25) is 0 Å². The molecule has 0 aliphatic carbocycles. The Morgan fingerprint density at radius 2 is 1.81 bits per heavy atom. The number of aromatic nitrogens is 2. The zero-order valence-electron chi connectivity index (χ0n) is 18.7. The van der Waals surface area contributed by atoms with Crippen LogP contribution in [0.15, 0.2) is 60.6 Å². The van der Waals surface area contributed by atoms with Gasteiger partial charge in [0, 0.05) is 43.0 Å². The first-order valence-electron chi connectivity index (χ1n) is 9.94. The maximum Gasteiger partial charge on any atom is 0.155 e. The van der Waals surface area contributed by atoms with Crippen molar-refractivity contribution in [1.29, 1.82) is 0 Å². The summed E-state index contributed by atoms with van der Waals surface area (Å²) in [7, 11) is 0. The topological polar surface area (TPSA) is 63.1 Å². The molecule has 0 aliphatic heterocycles. The second-order valence-electron chi connectivity index (χ2n) is 7.49. The Labute approximate surface area is 207 Å². The molecule has 168 valence electrons. The van der Waals surface area contributed by atoms with Crippen LogP contribution in [0.1, 0.15) is 30.5 Å². The largest absolute Gasteiger partial charge is 0.512 e. The van der Waals surface area contributed by atoms with E-state index in [4.69, 9.17) is 10.1 Å². The Balaban J connectivity index is 0.000000398. The van der Waals surface area contributed by atoms with Crippen molar-refractivity contribution < 1.29 is 31.0 Å². The normalized spacial score (nSPS) is 10.8. The van der Waals surface area contributed by atoms with Gasteiger partial charge in [-0.1, -0.05) is 39.9 Å². The molecular weight excluding hydrogens is 599 g/mol. The van der Waals surface area contributed by atoms with Crippen molar-refractivity contribution in [3.63, 3.8) is 0 Å². The number of benzene rings is 2. The van der Waals surface area contributed by atoms with Crippen LogP contribution in [-0.2, 0) is 25.9 Å². The third-order valence-electron chi connectivity index (χ3n) is 4.62. The van der Waals surface area contributed by atoms with Crippen molar-refractivity contribution >= 4 is 27.3 Å². The summed E-state index contributed by atoms with van der Waals surface area (Å²) in [5.41, 5.74) is 8.35. The minimum Gasteiger partial charge on any atom is -0.512 e. The number of carbonyl (C=O) groups is 1. The van der Waals surface area contributed by atoms with E-state index in [1.165, 1.54) is 47.7 Å². The van der Waals surface area contributed by atoms with Crippen LogP contribution in [0.4, 0.5) is 0 Å². The number of ketones is 1. The van der Waals surface area contributed by atoms with Crippen LogP contribution in [0.3, 0.4) is 0 Å². The Bertz CT molecular complexity index is 1220. The van der Waals surface area contributed by atoms with E-state index in [1.807, 2.05) is 30.6 Å². The number of hydrogen-bond acceptors (Lipinski definition) is 5. The third kappa shape index (κ3) is 6.21. The van der Waals surface area contributed by atoms with E-state index < -0.39 is 0 Å². The first-order valence-corrected chi connectivity index (χ1v) is 10.8. The molecule has 2 aromatic heterocycles. The molecule has 4 aromatic rings. The summed E-state index contributed by atoms with van der Waals surface area (Å²) in [6, 6.07) is 16.1. The number of aryl methyl sites for hydroxylation is 3. The summed E-state index contributed by atoms with van der Waals surface area (Å²) in [5.74, 6) is -0.0625. The molecule has 4 rings (SSSR count). The molecule has 0 fully saturated rings. The number of nitrogens with zero attached hydrogens (tertiary/aromatic N) is 2.